The molecule has 8 nitrogen and oxygen atoms in total. The Hall–Kier alpha value is -3.23. The van der Waals surface area contributed by atoms with E-state index in [1.165, 1.54) is 0 Å². The van der Waals surface area contributed by atoms with Crippen LogP contribution in [0.3, 0.4) is 0 Å². The van der Waals surface area contributed by atoms with Crippen LogP contribution in [-0.2, 0) is 14.3 Å². The molecule has 1 unspecified atom stereocenters. The molecule has 8 heteroatoms. The van der Waals surface area contributed by atoms with E-state index in [0.29, 0.717) is 49.7 Å². The molecule has 4 rings (SSSR count). The van der Waals surface area contributed by atoms with E-state index in [1.54, 1.807) is 47.6 Å². The first-order valence-electron chi connectivity index (χ1n) is 12.3. The van der Waals surface area contributed by atoms with Gasteiger partial charge in [-0.15, -0.1) is 0 Å². The second kappa shape index (κ2) is 12.0. The van der Waals surface area contributed by atoms with Crippen molar-refractivity contribution in [3.63, 3.8) is 0 Å². The molecular weight excluding hydrogens is 446 g/mol. The average molecular weight is 480 g/mol. The van der Waals surface area contributed by atoms with Gasteiger partial charge in [-0.2, -0.15) is 0 Å². The number of morpholine rings is 1. The summed E-state index contributed by atoms with van der Waals surface area (Å²) in [5.41, 5.74) is 1.25. The van der Waals surface area contributed by atoms with Crippen molar-refractivity contribution in [2.24, 2.45) is 0 Å². The van der Waals surface area contributed by atoms with Crippen LogP contribution in [0.1, 0.15) is 43.4 Å². The predicted molar refractivity (Wildman–Crippen MR) is 132 cm³/mol. The number of aromatic nitrogens is 1. The first kappa shape index (κ1) is 24.9. The summed E-state index contributed by atoms with van der Waals surface area (Å²) in [6.07, 6.45) is 6.00. The molecule has 35 heavy (non-hydrogen) atoms. The van der Waals surface area contributed by atoms with Crippen LogP contribution in [0.25, 0.3) is 5.76 Å². The fourth-order valence-electron chi connectivity index (χ4n) is 4.48. The standard InChI is InChI=1S/C27H33N3O5/c1-2-3-16-35-22-9-7-20(8-10-22)25(31)23-24(21-6-4-11-28-19-21)30(27(33)26(23)32)13-5-12-29-14-17-34-18-15-29/h4,6-11,19,24,31H,2-3,5,12-18H2,1H3/b25-23-. The minimum Gasteiger partial charge on any atom is -0.507 e. The Bertz CT molecular complexity index is 1030. The maximum Gasteiger partial charge on any atom is 0.295 e. The van der Waals surface area contributed by atoms with Crippen molar-refractivity contribution < 1.29 is 24.2 Å². The van der Waals surface area contributed by atoms with E-state index in [-0.39, 0.29) is 11.3 Å². The molecule has 1 aromatic heterocycles. The average Bonchev–Trinajstić information content (AvgIpc) is 3.15. The summed E-state index contributed by atoms with van der Waals surface area (Å²) in [4.78, 5) is 34.3. The van der Waals surface area contributed by atoms with Crippen molar-refractivity contribution in [2.75, 3.05) is 46.0 Å². The Kier molecular flexibility index (Phi) is 8.50. The Labute approximate surface area is 206 Å². The van der Waals surface area contributed by atoms with Crippen LogP contribution in [-0.4, -0.2) is 77.6 Å². The minimum atomic E-state index is -0.686. The van der Waals surface area contributed by atoms with Crippen molar-refractivity contribution in [3.05, 3.63) is 65.5 Å². The molecular formula is C27H33N3O5. The van der Waals surface area contributed by atoms with E-state index < -0.39 is 17.7 Å². The first-order chi connectivity index (χ1) is 17.1. The molecule has 1 aromatic carbocycles. The number of benzene rings is 1. The third kappa shape index (κ3) is 5.89. The molecule has 2 fully saturated rings. The first-order valence-corrected chi connectivity index (χ1v) is 12.3. The van der Waals surface area contributed by atoms with Gasteiger partial charge in [-0.3, -0.25) is 19.5 Å². The number of carbonyl (C=O) groups is 2. The number of unbranched alkanes of at least 4 members (excludes halogenated alkanes) is 1. The van der Waals surface area contributed by atoms with Gasteiger partial charge in [0.15, 0.2) is 0 Å². The van der Waals surface area contributed by atoms with Crippen LogP contribution in [0.5, 0.6) is 5.75 Å². The fourth-order valence-corrected chi connectivity index (χ4v) is 4.48. The van der Waals surface area contributed by atoms with Gasteiger partial charge in [0.05, 0.1) is 31.4 Å². The quantitative estimate of drug-likeness (QED) is 0.242. The summed E-state index contributed by atoms with van der Waals surface area (Å²) >= 11 is 0. The number of ketones is 1. The lowest BCUT2D eigenvalue weighted by Gasteiger charge is -2.29. The highest BCUT2D eigenvalue weighted by atomic mass is 16.5. The van der Waals surface area contributed by atoms with Gasteiger partial charge in [-0.25, -0.2) is 0 Å². The Morgan fingerprint density at radius 3 is 2.57 bits per heavy atom. The van der Waals surface area contributed by atoms with Gasteiger partial charge in [-0.1, -0.05) is 19.4 Å². The van der Waals surface area contributed by atoms with E-state index >= 15 is 0 Å². The van der Waals surface area contributed by atoms with Crippen molar-refractivity contribution in [3.8, 4) is 5.75 Å². The number of Topliss-reactive ketones (excluding diaryl/α,β-unsaturated/α-hetero) is 1. The molecule has 1 amide bonds. The van der Waals surface area contributed by atoms with Gasteiger partial charge in [0.2, 0.25) is 0 Å². The Balaban J connectivity index is 1.58. The third-order valence-corrected chi connectivity index (χ3v) is 6.41. The summed E-state index contributed by atoms with van der Waals surface area (Å²) in [6.45, 7) is 7.09. The third-order valence-electron chi connectivity index (χ3n) is 6.41. The van der Waals surface area contributed by atoms with Crippen LogP contribution < -0.4 is 4.74 Å². The van der Waals surface area contributed by atoms with Crippen molar-refractivity contribution >= 4 is 17.4 Å². The summed E-state index contributed by atoms with van der Waals surface area (Å²) in [5, 5.41) is 11.2. The van der Waals surface area contributed by atoms with Gasteiger partial charge >= 0.3 is 0 Å². The topological polar surface area (TPSA) is 92.2 Å². The second-order valence-electron chi connectivity index (χ2n) is 8.81. The highest BCUT2D eigenvalue weighted by molar-refractivity contribution is 6.46. The van der Waals surface area contributed by atoms with Crippen LogP contribution >= 0.6 is 0 Å². The number of hydrogen-bond acceptors (Lipinski definition) is 7. The number of rotatable bonds is 10. The highest BCUT2D eigenvalue weighted by Gasteiger charge is 2.45. The fraction of sp³-hybridized carbons (Fsp3) is 0.444. The normalized spacial score (nSPS) is 20.4. The Morgan fingerprint density at radius 1 is 1.11 bits per heavy atom. The number of amides is 1. The smallest absolute Gasteiger partial charge is 0.295 e. The summed E-state index contributed by atoms with van der Waals surface area (Å²) in [6, 6.07) is 9.87. The zero-order valence-corrected chi connectivity index (χ0v) is 20.2. The monoisotopic (exact) mass is 479 g/mol. The van der Waals surface area contributed by atoms with E-state index in [4.69, 9.17) is 9.47 Å². The molecule has 0 radical (unpaired) electrons. The highest BCUT2D eigenvalue weighted by Crippen LogP contribution is 2.39. The van der Waals surface area contributed by atoms with Gasteiger partial charge in [0, 0.05) is 44.1 Å². The number of pyridine rings is 1. The van der Waals surface area contributed by atoms with E-state index in [1.807, 2.05) is 6.07 Å². The summed E-state index contributed by atoms with van der Waals surface area (Å²) in [7, 11) is 0. The van der Waals surface area contributed by atoms with Crippen LogP contribution in [0.15, 0.2) is 54.4 Å². The number of ether oxygens (including phenoxy) is 2. The molecule has 3 heterocycles. The molecule has 2 aliphatic heterocycles. The number of aliphatic hydroxyl groups is 1. The van der Waals surface area contributed by atoms with E-state index in [2.05, 4.69) is 16.8 Å². The molecule has 1 N–H and O–H groups in total. The van der Waals surface area contributed by atoms with E-state index in [9.17, 15) is 14.7 Å². The molecule has 2 saturated heterocycles. The summed E-state index contributed by atoms with van der Waals surface area (Å²) in [5.74, 6) is -0.761. The number of likely N-dealkylation sites (tertiary alicyclic amines) is 1. The van der Waals surface area contributed by atoms with Crippen molar-refractivity contribution in [1.29, 1.82) is 0 Å². The summed E-state index contributed by atoms with van der Waals surface area (Å²) < 4.78 is 11.1. The second-order valence-corrected chi connectivity index (χ2v) is 8.81. The molecule has 1 atom stereocenters. The lowest BCUT2D eigenvalue weighted by molar-refractivity contribution is -0.140. The lowest BCUT2D eigenvalue weighted by atomic mass is 9.96. The van der Waals surface area contributed by atoms with Crippen LogP contribution in [0.4, 0.5) is 0 Å². The van der Waals surface area contributed by atoms with E-state index in [0.717, 1.165) is 32.5 Å². The molecule has 186 valence electrons. The number of aliphatic hydroxyl groups excluding tert-OH is 1. The zero-order chi connectivity index (χ0) is 24.6. The Morgan fingerprint density at radius 2 is 1.89 bits per heavy atom. The largest absolute Gasteiger partial charge is 0.507 e. The van der Waals surface area contributed by atoms with Gasteiger partial charge < -0.3 is 19.5 Å². The van der Waals surface area contributed by atoms with Crippen molar-refractivity contribution in [2.45, 2.75) is 32.2 Å². The SMILES string of the molecule is CCCCOc1ccc(/C(O)=C2/C(=O)C(=O)N(CCCN3CCOCC3)C2c2cccnc2)cc1. The maximum absolute atomic E-state index is 13.1. The lowest BCUT2D eigenvalue weighted by Crippen LogP contribution is -2.39. The molecule has 0 saturated carbocycles. The van der Waals surface area contributed by atoms with Gasteiger partial charge in [0.1, 0.15) is 11.5 Å². The molecule has 0 spiro atoms. The number of hydrogen-bond donors (Lipinski definition) is 1. The minimum absolute atomic E-state index is 0.0917. The number of carbonyl (C=O) groups excluding carboxylic acids is 2. The van der Waals surface area contributed by atoms with Gasteiger partial charge in [0.25, 0.3) is 11.7 Å². The van der Waals surface area contributed by atoms with Crippen LogP contribution in [0.2, 0.25) is 0 Å². The molecule has 2 aliphatic rings. The molecule has 2 aromatic rings. The number of nitrogens with zero attached hydrogens (tertiary/aromatic N) is 3. The molecule has 0 bridgehead atoms. The predicted octanol–water partition coefficient (Wildman–Crippen LogP) is 3.40. The van der Waals surface area contributed by atoms with Crippen molar-refractivity contribution in [1.82, 2.24) is 14.8 Å². The molecule has 0 aliphatic carbocycles. The van der Waals surface area contributed by atoms with Crippen LogP contribution in [0, 0.1) is 0 Å². The zero-order valence-electron chi connectivity index (χ0n) is 20.2. The van der Waals surface area contributed by atoms with Gasteiger partial charge in [-0.05, 0) is 48.7 Å². The maximum atomic E-state index is 13.1.